The molecule has 130 valence electrons. The molecular weight excluding hydrogens is 288 g/mol. The Labute approximate surface area is 141 Å². The van der Waals surface area contributed by atoms with Gasteiger partial charge in [0.05, 0.1) is 13.2 Å². The summed E-state index contributed by atoms with van der Waals surface area (Å²) in [5, 5.41) is 0. The van der Waals surface area contributed by atoms with Crippen molar-refractivity contribution in [1.29, 1.82) is 0 Å². The van der Waals surface area contributed by atoms with Crippen molar-refractivity contribution in [3.63, 3.8) is 0 Å². The van der Waals surface area contributed by atoms with E-state index < -0.39 is 0 Å². The topological polar surface area (TPSA) is 35.5 Å². The molecule has 0 saturated carbocycles. The van der Waals surface area contributed by atoms with Crippen LogP contribution in [0.2, 0.25) is 0 Å². The molecule has 0 unspecified atom stereocenters. The summed E-state index contributed by atoms with van der Waals surface area (Å²) in [7, 11) is 0. The monoisotopic (exact) mass is 320 g/mol. The standard InChI is InChI=1S/C20H32O3/c1-4-6-8-10-14-22-19-13-12-18(17(3)21)16-20(19)23-15-11-9-7-5-2/h12-13,16H,4-11,14-15H2,1-3H3. The third-order valence-corrected chi connectivity index (χ3v) is 3.86. The number of ketones is 1. The molecule has 1 aromatic rings. The van der Waals surface area contributed by atoms with E-state index in [4.69, 9.17) is 9.47 Å². The highest BCUT2D eigenvalue weighted by Gasteiger charge is 2.09. The van der Waals surface area contributed by atoms with Crippen LogP contribution in [0, 0.1) is 0 Å². The molecule has 0 spiro atoms. The molecule has 3 heteroatoms. The first-order chi connectivity index (χ1) is 11.2. The molecular formula is C20H32O3. The molecule has 23 heavy (non-hydrogen) atoms. The van der Waals surface area contributed by atoms with E-state index in [1.807, 2.05) is 18.2 Å². The summed E-state index contributed by atoms with van der Waals surface area (Å²) in [6.45, 7) is 7.35. The van der Waals surface area contributed by atoms with Crippen LogP contribution in [-0.2, 0) is 0 Å². The van der Waals surface area contributed by atoms with Crippen molar-refractivity contribution in [2.75, 3.05) is 13.2 Å². The van der Waals surface area contributed by atoms with Crippen LogP contribution in [0.15, 0.2) is 18.2 Å². The van der Waals surface area contributed by atoms with E-state index >= 15 is 0 Å². The Bertz CT molecular complexity index is 454. The lowest BCUT2D eigenvalue weighted by Crippen LogP contribution is -2.04. The lowest BCUT2D eigenvalue weighted by Gasteiger charge is -2.14. The number of carbonyl (C=O) groups is 1. The normalized spacial score (nSPS) is 10.6. The molecule has 0 fully saturated rings. The van der Waals surface area contributed by atoms with Crippen molar-refractivity contribution in [2.45, 2.75) is 72.1 Å². The van der Waals surface area contributed by atoms with Crippen molar-refractivity contribution in [1.82, 2.24) is 0 Å². The third-order valence-electron chi connectivity index (χ3n) is 3.86. The van der Waals surface area contributed by atoms with Gasteiger partial charge in [-0.3, -0.25) is 4.79 Å². The summed E-state index contributed by atoms with van der Waals surface area (Å²) < 4.78 is 11.7. The van der Waals surface area contributed by atoms with Gasteiger partial charge < -0.3 is 9.47 Å². The fraction of sp³-hybridized carbons (Fsp3) is 0.650. The van der Waals surface area contributed by atoms with Gasteiger partial charge in [-0.15, -0.1) is 0 Å². The zero-order chi connectivity index (χ0) is 16.9. The number of Topliss-reactive ketones (excluding diaryl/α,β-unsaturated/α-hetero) is 1. The fourth-order valence-electron chi connectivity index (χ4n) is 2.38. The SMILES string of the molecule is CCCCCCOc1ccc(C(C)=O)cc1OCCCCCC. The van der Waals surface area contributed by atoms with E-state index in [2.05, 4.69) is 13.8 Å². The third kappa shape index (κ3) is 8.06. The largest absolute Gasteiger partial charge is 0.490 e. The van der Waals surface area contributed by atoms with Gasteiger partial charge in [0, 0.05) is 5.56 Å². The first kappa shape index (κ1) is 19.5. The Kier molecular flexibility index (Phi) is 10.2. The zero-order valence-electron chi connectivity index (χ0n) is 15.0. The van der Waals surface area contributed by atoms with Gasteiger partial charge in [0.25, 0.3) is 0 Å². The highest BCUT2D eigenvalue weighted by Crippen LogP contribution is 2.29. The summed E-state index contributed by atoms with van der Waals surface area (Å²) in [6, 6.07) is 5.48. The predicted molar refractivity (Wildman–Crippen MR) is 95.7 cm³/mol. The van der Waals surface area contributed by atoms with Gasteiger partial charge in [0.1, 0.15) is 0 Å². The van der Waals surface area contributed by atoms with Gasteiger partial charge in [0.15, 0.2) is 17.3 Å². The summed E-state index contributed by atoms with van der Waals surface area (Å²) in [4.78, 5) is 11.6. The fourth-order valence-corrected chi connectivity index (χ4v) is 2.38. The minimum Gasteiger partial charge on any atom is -0.490 e. The van der Waals surface area contributed by atoms with E-state index in [-0.39, 0.29) is 5.78 Å². The second-order valence-corrected chi connectivity index (χ2v) is 6.04. The molecule has 0 aliphatic carbocycles. The van der Waals surface area contributed by atoms with E-state index in [1.165, 1.54) is 38.5 Å². The molecule has 0 aliphatic rings. The molecule has 0 saturated heterocycles. The van der Waals surface area contributed by atoms with Crippen LogP contribution in [0.4, 0.5) is 0 Å². The summed E-state index contributed by atoms with van der Waals surface area (Å²) in [5.41, 5.74) is 0.673. The second-order valence-electron chi connectivity index (χ2n) is 6.04. The lowest BCUT2D eigenvalue weighted by molar-refractivity contribution is 0.101. The van der Waals surface area contributed by atoms with Gasteiger partial charge in [0.2, 0.25) is 0 Å². The molecule has 1 rings (SSSR count). The molecule has 0 bridgehead atoms. The maximum Gasteiger partial charge on any atom is 0.161 e. The van der Waals surface area contributed by atoms with Crippen LogP contribution in [-0.4, -0.2) is 19.0 Å². The van der Waals surface area contributed by atoms with Crippen molar-refractivity contribution in [3.05, 3.63) is 23.8 Å². The molecule has 0 amide bonds. The Morgan fingerprint density at radius 1 is 0.826 bits per heavy atom. The summed E-state index contributed by atoms with van der Waals surface area (Å²) in [6.07, 6.45) is 9.37. The van der Waals surface area contributed by atoms with Crippen LogP contribution in [0.25, 0.3) is 0 Å². The lowest BCUT2D eigenvalue weighted by atomic mass is 10.1. The number of hydrogen-bond donors (Lipinski definition) is 0. The predicted octanol–water partition coefficient (Wildman–Crippen LogP) is 5.81. The number of hydrogen-bond acceptors (Lipinski definition) is 3. The van der Waals surface area contributed by atoms with Crippen LogP contribution in [0.3, 0.4) is 0 Å². The van der Waals surface area contributed by atoms with Crippen LogP contribution < -0.4 is 9.47 Å². The van der Waals surface area contributed by atoms with Gasteiger partial charge in [-0.05, 0) is 38.0 Å². The average molecular weight is 320 g/mol. The Morgan fingerprint density at radius 2 is 1.39 bits per heavy atom. The molecule has 0 N–H and O–H groups in total. The zero-order valence-corrected chi connectivity index (χ0v) is 15.0. The number of benzene rings is 1. The highest BCUT2D eigenvalue weighted by atomic mass is 16.5. The van der Waals surface area contributed by atoms with Gasteiger partial charge >= 0.3 is 0 Å². The highest BCUT2D eigenvalue weighted by molar-refractivity contribution is 5.94. The maximum atomic E-state index is 11.6. The van der Waals surface area contributed by atoms with Crippen molar-refractivity contribution in [3.8, 4) is 11.5 Å². The minimum absolute atomic E-state index is 0.0512. The van der Waals surface area contributed by atoms with Crippen molar-refractivity contribution >= 4 is 5.78 Å². The molecule has 1 aromatic carbocycles. The number of ether oxygens (including phenoxy) is 2. The van der Waals surface area contributed by atoms with E-state index in [0.717, 1.165) is 18.6 Å². The summed E-state index contributed by atoms with van der Waals surface area (Å²) in [5.74, 6) is 1.50. The average Bonchev–Trinajstić information content (AvgIpc) is 2.55. The smallest absolute Gasteiger partial charge is 0.161 e. The second kappa shape index (κ2) is 12.0. The Hall–Kier alpha value is -1.51. The molecule has 0 atom stereocenters. The van der Waals surface area contributed by atoms with Crippen LogP contribution >= 0.6 is 0 Å². The summed E-state index contributed by atoms with van der Waals surface area (Å²) >= 11 is 0. The van der Waals surface area contributed by atoms with Gasteiger partial charge in [-0.2, -0.15) is 0 Å². The van der Waals surface area contributed by atoms with Gasteiger partial charge in [-0.1, -0.05) is 52.4 Å². The van der Waals surface area contributed by atoms with E-state index in [1.54, 1.807) is 6.92 Å². The van der Waals surface area contributed by atoms with E-state index in [0.29, 0.717) is 24.5 Å². The maximum absolute atomic E-state index is 11.6. The number of rotatable bonds is 13. The van der Waals surface area contributed by atoms with Crippen molar-refractivity contribution < 1.29 is 14.3 Å². The molecule has 0 aliphatic heterocycles. The van der Waals surface area contributed by atoms with Crippen LogP contribution in [0.5, 0.6) is 11.5 Å². The number of unbranched alkanes of at least 4 members (excludes halogenated alkanes) is 6. The van der Waals surface area contributed by atoms with Crippen LogP contribution in [0.1, 0.15) is 82.5 Å². The molecule has 3 nitrogen and oxygen atoms in total. The Morgan fingerprint density at radius 3 is 1.91 bits per heavy atom. The van der Waals surface area contributed by atoms with Crippen molar-refractivity contribution in [2.24, 2.45) is 0 Å². The first-order valence-corrected chi connectivity index (χ1v) is 9.09. The Balaban J connectivity index is 2.57. The molecule has 0 aromatic heterocycles. The van der Waals surface area contributed by atoms with E-state index in [9.17, 15) is 4.79 Å². The number of carbonyl (C=O) groups excluding carboxylic acids is 1. The molecule has 0 radical (unpaired) electrons. The van der Waals surface area contributed by atoms with Gasteiger partial charge in [-0.25, -0.2) is 0 Å². The molecule has 0 heterocycles. The minimum atomic E-state index is 0.0512. The first-order valence-electron chi connectivity index (χ1n) is 9.09. The quantitative estimate of drug-likeness (QED) is 0.340.